The first kappa shape index (κ1) is 17.0. The highest BCUT2D eigenvalue weighted by atomic mass is 19.4. The second-order valence-electron chi connectivity index (χ2n) is 7.04. The standard InChI is InChI=1S/C16H20F3N3O2/c1-15(2,22-14(23)13-9-5-21-6-10(9)13)8-24-12-3-4-20-7-11(12)16(17,18)19/h3-4,7,9-10,13,21H,5-6,8H2,1-2H3,(H,22,23). The van der Waals surface area contributed by atoms with Crippen LogP contribution >= 0.6 is 0 Å². The summed E-state index contributed by atoms with van der Waals surface area (Å²) in [4.78, 5) is 15.8. The van der Waals surface area contributed by atoms with Crippen molar-refractivity contribution in [1.29, 1.82) is 0 Å². The van der Waals surface area contributed by atoms with Gasteiger partial charge in [-0.3, -0.25) is 9.78 Å². The molecule has 2 atom stereocenters. The molecule has 8 heteroatoms. The van der Waals surface area contributed by atoms with Crippen molar-refractivity contribution in [3.8, 4) is 5.75 Å². The lowest BCUT2D eigenvalue weighted by molar-refractivity contribution is -0.139. The van der Waals surface area contributed by atoms with Gasteiger partial charge in [0.05, 0.1) is 5.54 Å². The summed E-state index contributed by atoms with van der Waals surface area (Å²) in [5.41, 5.74) is -1.69. The van der Waals surface area contributed by atoms with E-state index < -0.39 is 17.3 Å². The lowest BCUT2D eigenvalue weighted by Crippen LogP contribution is -2.49. The molecule has 2 N–H and O–H groups in total. The van der Waals surface area contributed by atoms with Gasteiger partial charge >= 0.3 is 6.18 Å². The van der Waals surface area contributed by atoms with Crippen LogP contribution in [0.15, 0.2) is 18.5 Å². The summed E-state index contributed by atoms with van der Waals surface area (Å²) in [5.74, 6) is 0.452. The van der Waals surface area contributed by atoms with Gasteiger partial charge in [-0.1, -0.05) is 0 Å². The summed E-state index contributed by atoms with van der Waals surface area (Å²) in [5, 5.41) is 6.11. The van der Waals surface area contributed by atoms with Crippen LogP contribution in [0.1, 0.15) is 19.4 Å². The Morgan fingerprint density at radius 1 is 1.38 bits per heavy atom. The van der Waals surface area contributed by atoms with Crippen molar-refractivity contribution in [2.75, 3.05) is 19.7 Å². The molecule has 0 bridgehead atoms. The number of rotatable bonds is 5. The molecule has 2 unspecified atom stereocenters. The van der Waals surface area contributed by atoms with E-state index in [1.54, 1.807) is 13.8 Å². The van der Waals surface area contributed by atoms with Crippen molar-refractivity contribution in [2.45, 2.75) is 25.6 Å². The Kier molecular flexibility index (Phi) is 4.19. The summed E-state index contributed by atoms with van der Waals surface area (Å²) in [6, 6.07) is 1.18. The quantitative estimate of drug-likeness (QED) is 0.856. The lowest BCUT2D eigenvalue weighted by atomic mass is 10.1. The number of fused-ring (bicyclic) bond motifs is 1. The summed E-state index contributed by atoms with van der Waals surface area (Å²) >= 11 is 0. The molecule has 2 fully saturated rings. The number of alkyl halides is 3. The van der Waals surface area contributed by atoms with Crippen LogP contribution in [-0.2, 0) is 11.0 Å². The molecule has 1 saturated carbocycles. The Labute approximate surface area is 138 Å². The van der Waals surface area contributed by atoms with Crippen LogP contribution in [0.4, 0.5) is 13.2 Å². The Hall–Kier alpha value is -1.83. The van der Waals surface area contributed by atoms with Crippen LogP contribution in [0.5, 0.6) is 5.75 Å². The molecule has 1 saturated heterocycles. The average molecular weight is 343 g/mol. The molecule has 1 aromatic rings. The second-order valence-corrected chi connectivity index (χ2v) is 7.04. The molecule has 2 heterocycles. The predicted molar refractivity (Wildman–Crippen MR) is 80.3 cm³/mol. The monoisotopic (exact) mass is 343 g/mol. The molecule has 132 valence electrons. The van der Waals surface area contributed by atoms with Crippen molar-refractivity contribution >= 4 is 5.91 Å². The highest BCUT2D eigenvalue weighted by Gasteiger charge is 2.57. The van der Waals surface area contributed by atoms with E-state index in [0.717, 1.165) is 19.3 Å². The molecule has 0 spiro atoms. The number of aromatic nitrogens is 1. The minimum atomic E-state index is -4.53. The van der Waals surface area contributed by atoms with Crippen molar-refractivity contribution in [3.63, 3.8) is 0 Å². The fraction of sp³-hybridized carbons (Fsp3) is 0.625. The van der Waals surface area contributed by atoms with Gasteiger partial charge in [0.1, 0.15) is 17.9 Å². The molecule has 0 radical (unpaired) electrons. The normalized spacial score (nSPS) is 26.0. The lowest BCUT2D eigenvalue weighted by Gasteiger charge is -2.27. The van der Waals surface area contributed by atoms with Gasteiger partial charge in [0, 0.05) is 18.3 Å². The first-order chi connectivity index (χ1) is 11.2. The van der Waals surface area contributed by atoms with Crippen molar-refractivity contribution in [2.24, 2.45) is 17.8 Å². The molecular formula is C16H20F3N3O2. The fourth-order valence-corrected chi connectivity index (χ4v) is 3.24. The molecular weight excluding hydrogens is 323 g/mol. The van der Waals surface area contributed by atoms with Crippen LogP contribution in [0.2, 0.25) is 0 Å². The van der Waals surface area contributed by atoms with Crippen molar-refractivity contribution in [3.05, 3.63) is 24.0 Å². The van der Waals surface area contributed by atoms with E-state index in [4.69, 9.17) is 4.74 Å². The second kappa shape index (κ2) is 5.91. The number of carbonyl (C=O) groups is 1. The third-order valence-electron chi connectivity index (χ3n) is 4.53. The van der Waals surface area contributed by atoms with Gasteiger partial charge in [-0.2, -0.15) is 13.2 Å². The highest BCUT2D eigenvalue weighted by molar-refractivity contribution is 5.83. The molecule has 3 rings (SSSR count). The average Bonchev–Trinajstić information content (AvgIpc) is 2.98. The van der Waals surface area contributed by atoms with Crippen molar-refractivity contribution in [1.82, 2.24) is 15.6 Å². The SMILES string of the molecule is CC(C)(COc1ccncc1C(F)(F)F)NC(=O)C1C2CNCC21. The van der Waals surface area contributed by atoms with E-state index in [1.807, 2.05) is 0 Å². The predicted octanol–water partition coefficient (Wildman–Crippen LogP) is 1.84. The van der Waals surface area contributed by atoms with E-state index in [9.17, 15) is 18.0 Å². The largest absolute Gasteiger partial charge is 0.490 e. The third-order valence-corrected chi connectivity index (χ3v) is 4.53. The number of halogens is 3. The molecule has 1 amide bonds. The number of amides is 1. The third kappa shape index (κ3) is 3.48. The number of carbonyl (C=O) groups excluding carboxylic acids is 1. The Morgan fingerprint density at radius 2 is 2.04 bits per heavy atom. The Morgan fingerprint density at radius 3 is 2.67 bits per heavy atom. The maximum atomic E-state index is 12.9. The molecule has 5 nitrogen and oxygen atoms in total. The van der Waals surface area contributed by atoms with Gasteiger partial charge in [0.25, 0.3) is 0 Å². The number of nitrogens with one attached hydrogen (secondary N) is 2. The van der Waals surface area contributed by atoms with Crippen LogP contribution in [-0.4, -0.2) is 36.1 Å². The summed E-state index contributed by atoms with van der Waals surface area (Å²) in [6.07, 6.45) is -2.55. The van der Waals surface area contributed by atoms with Gasteiger partial charge in [0.15, 0.2) is 0 Å². The summed E-state index contributed by atoms with van der Waals surface area (Å²) < 4.78 is 44.1. The topological polar surface area (TPSA) is 63.2 Å². The molecule has 0 aromatic carbocycles. The Bertz CT molecular complexity index is 623. The number of piperidine rings is 1. The molecule has 2 aliphatic rings. The highest BCUT2D eigenvalue weighted by Crippen LogP contribution is 2.48. The van der Waals surface area contributed by atoms with Gasteiger partial charge in [-0.05, 0) is 44.8 Å². The zero-order valence-corrected chi connectivity index (χ0v) is 13.5. The number of pyridine rings is 1. The zero-order chi connectivity index (χ0) is 17.5. The maximum absolute atomic E-state index is 12.9. The van der Waals surface area contributed by atoms with Gasteiger partial charge in [0.2, 0.25) is 5.91 Å². The van der Waals surface area contributed by atoms with E-state index >= 15 is 0 Å². The van der Waals surface area contributed by atoms with E-state index in [1.165, 1.54) is 12.3 Å². The van der Waals surface area contributed by atoms with Crippen LogP contribution in [0.25, 0.3) is 0 Å². The van der Waals surface area contributed by atoms with Crippen LogP contribution in [0, 0.1) is 17.8 Å². The smallest absolute Gasteiger partial charge is 0.421 e. The number of ether oxygens (including phenoxy) is 1. The fourth-order valence-electron chi connectivity index (χ4n) is 3.24. The first-order valence-corrected chi connectivity index (χ1v) is 7.86. The summed E-state index contributed by atoms with van der Waals surface area (Å²) in [7, 11) is 0. The Balaban J connectivity index is 1.58. The number of nitrogens with zero attached hydrogens (tertiary/aromatic N) is 1. The minimum Gasteiger partial charge on any atom is -0.490 e. The molecule has 1 aromatic heterocycles. The van der Waals surface area contributed by atoms with Crippen molar-refractivity contribution < 1.29 is 22.7 Å². The molecule has 24 heavy (non-hydrogen) atoms. The molecule has 1 aliphatic carbocycles. The van der Waals surface area contributed by atoms with Crippen LogP contribution < -0.4 is 15.4 Å². The molecule has 1 aliphatic heterocycles. The van der Waals surface area contributed by atoms with E-state index in [2.05, 4.69) is 15.6 Å². The first-order valence-electron chi connectivity index (χ1n) is 7.86. The number of hydrogen-bond donors (Lipinski definition) is 2. The number of hydrogen-bond acceptors (Lipinski definition) is 4. The van der Waals surface area contributed by atoms with Gasteiger partial charge in [-0.15, -0.1) is 0 Å². The zero-order valence-electron chi connectivity index (χ0n) is 13.5. The van der Waals surface area contributed by atoms with Gasteiger partial charge < -0.3 is 15.4 Å². The van der Waals surface area contributed by atoms with E-state index in [0.29, 0.717) is 11.8 Å². The summed E-state index contributed by atoms with van der Waals surface area (Å²) in [6.45, 7) is 5.11. The van der Waals surface area contributed by atoms with Crippen LogP contribution in [0.3, 0.4) is 0 Å². The maximum Gasteiger partial charge on any atom is 0.421 e. The van der Waals surface area contributed by atoms with E-state index in [-0.39, 0.29) is 24.2 Å². The minimum absolute atomic E-state index is 0.0113. The van der Waals surface area contributed by atoms with Gasteiger partial charge in [-0.25, -0.2) is 0 Å².